The highest BCUT2D eigenvalue weighted by Gasteiger charge is 2.13. The number of benzene rings is 3. The molecule has 7 heteroatoms. The molecule has 0 spiro atoms. The van der Waals surface area contributed by atoms with Crippen molar-refractivity contribution >= 4 is 28.3 Å². The van der Waals surface area contributed by atoms with E-state index >= 15 is 0 Å². The van der Waals surface area contributed by atoms with Gasteiger partial charge in [0.05, 0.1) is 16.6 Å². The number of aromatic nitrogens is 2. The predicted octanol–water partition coefficient (Wildman–Crippen LogP) is 3.98. The van der Waals surface area contributed by atoms with Gasteiger partial charge >= 0.3 is 0 Å². The fourth-order valence-electron chi connectivity index (χ4n) is 3.10. The van der Waals surface area contributed by atoms with Crippen LogP contribution in [0.15, 0.2) is 77.9 Å². The summed E-state index contributed by atoms with van der Waals surface area (Å²) in [6.07, 6.45) is 1.24. The Kier molecular flexibility index (Phi) is 4.93. The third-order valence-corrected chi connectivity index (χ3v) is 4.66. The first-order valence-corrected chi connectivity index (χ1v) is 9.13. The smallest absolute Gasteiger partial charge is 0.265 e. The lowest BCUT2D eigenvalue weighted by molar-refractivity contribution is 0.101. The third kappa shape index (κ3) is 3.60. The Bertz CT molecular complexity index is 1360. The van der Waals surface area contributed by atoms with Gasteiger partial charge in [-0.2, -0.15) is 0 Å². The molecule has 0 atom stereocenters. The van der Waals surface area contributed by atoms with Gasteiger partial charge in [-0.05, 0) is 49.4 Å². The van der Waals surface area contributed by atoms with Crippen molar-refractivity contribution in [2.75, 3.05) is 5.32 Å². The molecule has 0 unspecified atom stereocenters. The van der Waals surface area contributed by atoms with Gasteiger partial charge in [0.15, 0.2) is 5.78 Å². The normalized spacial score (nSPS) is 10.7. The average Bonchev–Trinajstić information content (AvgIpc) is 2.74. The van der Waals surface area contributed by atoms with E-state index in [0.717, 1.165) is 4.57 Å². The lowest BCUT2D eigenvalue weighted by Crippen LogP contribution is -2.20. The maximum atomic E-state index is 14.0. The number of carbonyl (C=O) groups is 2. The second kappa shape index (κ2) is 7.71. The Balaban J connectivity index is 1.67. The summed E-state index contributed by atoms with van der Waals surface area (Å²) in [7, 11) is 0. The minimum Gasteiger partial charge on any atom is -0.322 e. The number of nitrogens with zero attached hydrogens (tertiary/aromatic N) is 2. The van der Waals surface area contributed by atoms with E-state index in [4.69, 9.17) is 0 Å². The highest BCUT2D eigenvalue weighted by atomic mass is 19.1. The molecule has 0 radical (unpaired) electrons. The number of fused-ring (bicyclic) bond motifs is 1. The molecular weight excluding hydrogens is 385 g/mol. The van der Waals surface area contributed by atoms with Crippen molar-refractivity contribution in [1.82, 2.24) is 9.55 Å². The van der Waals surface area contributed by atoms with E-state index in [2.05, 4.69) is 10.3 Å². The molecule has 1 aromatic heterocycles. The number of hydrogen-bond acceptors (Lipinski definition) is 4. The minimum atomic E-state index is -0.537. The summed E-state index contributed by atoms with van der Waals surface area (Å²) in [5, 5.41) is 2.99. The van der Waals surface area contributed by atoms with E-state index in [1.807, 2.05) is 0 Å². The largest absolute Gasteiger partial charge is 0.322 e. The molecule has 4 aromatic rings. The molecule has 148 valence electrons. The van der Waals surface area contributed by atoms with Gasteiger partial charge in [0.25, 0.3) is 11.5 Å². The third-order valence-electron chi connectivity index (χ3n) is 4.66. The summed E-state index contributed by atoms with van der Waals surface area (Å²) in [4.78, 5) is 41.1. The zero-order chi connectivity index (χ0) is 21.3. The van der Waals surface area contributed by atoms with Crippen molar-refractivity contribution in [2.45, 2.75) is 6.92 Å². The quantitative estimate of drug-likeness (QED) is 0.525. The highest BCUT2D eigenvalue weighted by Crippen LogP contribution is 2.17. The maximum absolute atomic E-state index is 14.0. The number of amides is 1. The van der Waals surface area contributed by atoms with Gasteiger partial charge in [0.2, 0.25) is 0 Å². The molecule has 4 rings (SSSR count). The predicted molar refractivity (Wildman–Crippen MR) is 112 cm³/mol. The van der Waals surface area contributed by atoms with Crippen LogP contribution in [-0.4, -0.2) is 21.2 Å². The molecule has 30 heavy (non-hydrogen) atoms. The topological polar surface area (TPSA) is 81.1 Å². The summed E-state index contributed by atoms with van der Waals surface area (Å²) < 4.78 is 15.2. The van der Waals surface area contributed by atoms with Crippen molar-refractivity contribution in [3.05, 3.63) is 100 Å². The fraction of sp³-hybridized carbons (Fsp3) is 0.0435. The van der Waals surface area contributed by atoms with Gasteiger partial charge in [-0.1, -0.05) is 24.3 Å². The van der Waals surface area contributed by atoms with Crippen LogP contribution in [0, 0.1) is 5.82 Å². The van der Waals surface area contributed by atoms with Crippen LogP contribution in [0.4, 0.5) is 10.1 Å². The summed E-state index contributed by atoms with van der Waals surface area (Å²) >= 11 is 0. The first-order valence-electron chi connectivity index (χ1n) is 9.13. The maximum Gasteiger partial charge on any atom is 0.265 e. The fourth-order valence-corrected chi connectivity index (χ4v) is 3.10. The number of nitrogens with one attached hydrogen (secondary N) is 1. The van der Waals surface area contributed by atoms with Crippen molar-refractivity contribution in [1.29, 1.82) is 0 Å². The molecule has 0 aliphatic carbocycles. The van der Waals surface area contributed by atoms with Crippen LogP contribution in [0.2, 0.25) is 0 Å². The van der Waals surface area contributed by atoms with E-state index in [0.29, 0.717) is 22.3 Å². The summed E-state index contributed by atoms with van der Waals surface area (Å²) in [6, 6.07) is 17.0. The van der Waals surface area contributed by atoms with Gasteiger partial charge < -0.3 is 5.32 Å². The Labute approximate surface area is 170 Å². The van der Waals surface area contributed by atoms with Gasteiger partial charge in [0, 0.05) is 16.8 Å². The first-order chi connectivity index (χ1) is 14.4. The SMILES string of the molecule is CC(=O)c1cccc(NC(=O)c2ccc3c(=O)n(-c4ccccc4F)cnc3c2)c1. The molecule has 1 heterocycles. The summed E-state index contributed by atoms with van der Waals surface area (Å²) in [5.41, 5.74) is 1.25. The Morgan fingerprint density at radius 3 is 2.53 bits per heavy atom. The monoisotopic (exact) mass is 401 g/mol. The minimum absolute atomic E-state index is 0.101. The average molecular weight is 401 g/mol. The number of halogens is 1. The van der Waals surface area contributed by atoms with Crippen LogP contribution in [0.1, 0.15) is 27.6 Å². The molecule has 0 fully saturated rings. The lowest BCUT2D eigenvalue weighted by Gasteiger charge is -2.09. The van der Waals surface area contributed by atoms with E-state index in [1.165, 1.54) is 49.6 Å². The molecule has 6 nitrogen and oxygen atoms in total. The van der Waals surface area contributed by atoms with E-state index in [1.54, 1.807) is 30.3 Å². The van der Waals surface area contributed by atoms with Gasteiger partial charge in [-0.15, -0.1) is 0 Å². The van der Waals surface area contributed by atoms with Crippen molar-refractivity contribution in [3.8, 4) is 5.69 Å². The van der Waals surface area contributed by atoms with E-state index < -0.39 is 17.3 Å². The molecule has 3 aromatic carbocycles. The Hall–Kier alpha value is -4.13. The van der Waals surface area contributed by atoms with Gasteiger partial charge in [-0.3, -0.25) is 19.0 Å². The van der Waals surface area contributed by atoms with Crippen LogP contribution < -0.4 is 10.9 Å². The summed E-state index contributed by atoms with van der Waals surface area (Å²) in [5.74, 6) is -1.05. The second-order valence-corrected chi connectivity index (χ2v) is 6.69. The molecule has 0 aliphatic heterocycles. The number of rotatable bonds is 4. The summed E-state index contributed by atoms with van der Waals surface area (Å²) in [6.45, 7) is 1.45. The van der Waals surface area contributed by atoms with Crippen LogP contribution >= 0.6 is 0 Å². The van der Waals surface area contributed by atoms with Crippen molar-refractivity contribution < 1.29 is 14.0 Å². The highest BCUT2D eigenvalue weighted by molar-refractivity contribution is 6.06. The molecule has 0 aliphatic rings. The number of hydrogen-bond donors (Lipinski definition) is 1. The lowest BCUT2D eigenvalue weighted by atomic mass is 10.1. The van der Waals surface area contributed by atoms with Gasteiger partial charge in [0.1, 0.15) is 12.1 Å². The molecular formula is C23H16FN3O3. The Morgan fingerprint density at radius 2 is 1.77 bits per heavy atom. The van der Waals surface area contributed by atoms with Crippen LogP contribution in [0.5, 0.6) is 0 Å². The number of Topliss-reactive ketones (excluding diaryl/α,β-unsaturated/α-hetero) is 1. The first kappa shape index (κ1) is 19.2. The van der Waals surface area contributed by atoms with Crippen LogP contribution in [0.25, 0.3) is 16.6 Å². The van der Waals surface area contributed by atoms with Gasteiger partial charge in [-0.25, -0.2) is 9.37 Å². The molecule has 1 N–H and O–H groups in total. The van der Waals surface area contributed by atoms with Crippen LogP contribution in [-0.2, 0) is 0 Å². The number of para-hydroxylation sites is 1. The second-order valence-electron chi connectivity index (χ2n) is 6.69. The van der Waals surface area contributed by atoms with Crippen molar-refractivity contribution in [2.24, 2.45) is 0 Å². The number of carbonyl (C=O) groups excluding carboxylic acids is 2. The molecule has 0 bridgehead atoms. The molecule has 1 amide bonds. The van der Waals surface area contributed by atoms with Crippen LogP contribution in [0.3, 0.4) is 0 Å². The van der Waals surface area contributed by atoms with E-state index in [-0.39, 0.29) is 16.9 Å². The number of anilines is 1. The standard InChI is InChI=1S/C23H16FN3O3/c1-14(28)15-5-4-6-17(11-15)26-22(29)16-9-10-18-20(12-16)25-13-27(23(18)30)21-8-3-2-7-19(21)24/h2-13H,1H3,(H,26,29). The zero-order valence-electron chi connectivity index (χ0n) is 15.9. The van der Waals surface area contributed by atoms with E-state index in [9.17, 15) is 18.8 Å². The molecule has 0 saturated carbocycles. The van der Waals surface area contributed by atoms with Crippen molar-refractivity contribution in [3.63, 3.8) is 0 Å². The molecule has 0 saturated heterocycles. The zero-order valence-corrected chi connectivity index (χ0v) is 15.9. The number of ketones is 1. The Morgan fingerprint density at radius 1 is 0.967 bits per heavy atom.